The maximum atomic E-state index is 11.9. The van der Waals surface area contributed by atoms with Crippen LogP contribution in [0.3, 0.4) is 0 Å². The molecule has 0 fully saturated rings. The summed E-state index contributed by atoms with van der Waals surface area (Å²) in [6.07, 6.45) is 2.03. The Labute approximate surface area is 129 Å². The van der Waals surface area contributed by atoms with E-state index in [0.29, 0.717) is 25.8 Å². The van der Waals surface area contributed by atoms with Gasteiger partial charge in [-0.1, -0.05) is 12.5 Å². The number of benzene rings is 1. The van der Waals surface area contributed by atoms with Gasteiger partial charge in [0.2, 0.25) is 0 Å². The minimum Gasteiger partial charge on any atom is -0.481 e. The maximum absolute atomic E-state index is 11.9. The van der Waals surface area contributed by atoms with Crippen LogP contribution in [0.15, 0.2) is 22.7 Å². The lowest BCUT2D eigenvalue weighted by Gasteiger charge is -2.07. The van der Waals surface area contributed by atoms with Crippen LogP contribution in [0.4, 0.5) is 5.69 Å². The van der Waals surface area contributed by atoms with Crippen LogP contribution < -0.4 is 5.32 Å². The number of nitrogens with one attached hydrogen (secondary N) is 1. The zero-order valence-corrected chi connectivity index (χ0v) is 12.8. The number of hydrogen-bond acceptors (Lipinski definition) is 4. The quantitative estimate of drug-likeness (QED) is 0.421. The Morgan fingerprint density at radius 2 is 2.00 bits per heavy atom. The van der Waals surface area contributed by atoms with Gasteiger partial charge in [-0.25, -0.2) is 0 Å². The summed E-state index contributed by atoms with van der Waals surface area (Å²) in [7, 11) is 0. The molecule has 114 valence electrons. The molecule has 2 N–H and O–H groups in total. The minimum atomic E-state index is -0.834. The van der Waals surface area contributed by atoms with Gasteiger partial charge in [0.25, 0.3) is 11.6 Å². The normalized spacial score (nSPS) is 10.1. The number of halogens is 1. The van der Waals surface area contributed by atoms with Gasteiger partial charge in [-0.3, -0.25) is 19.7 Å². The first-order chi connectivity index (χ1) is 9.93. The molecular weight excluding hydrogens is 344 g/mol. The molecule has 0 atom stereocenters. The standard InChI is InChI=1S/C13H15BrN2O5/c14-12-9(5-4-6-10(12)16(20)21)13(19)15-8-3-1-2-7-11(17)18/h4-6H,1-3,7-8H2,(H,15,19)(H,17,18). The fraction of sp³-hybridized carbons (Fsp3) is 0.385. The molecule has 7 nitrogen and oxygen atoms in total. The highest BCUT2D eigenvalue weighted by atomic mass is 79.9. The summed E-state index contributed by atoms with van der Waals surface area (Å²) in [6, 6.07) is 4.26. The molecule has 1 rings (SSSR count). The number of rotatable bonds is 8. The topological polar surface area (TPSA) is 110 Å². The third-order valence-corrected chi connectivity index (χ3v) is 3.61. The third-order valence-electron chi connectivity index (χ3n) is 2.77. The Morgan fingerprint density at radius 3 is 2.62 bits per heavy atom. The number of amides is 1. The highest BCUT2D eigenvalue weighted by Crippen LogP contribution is 2.28. The lowest BCUT2D eigenvalue weighted by atomic mass is 10.1. The third kappa shape index (κ3) is 5.50. The largest absolute Gasteiger partial charge is 0.481 e. The molecule has 0 aliphatic heterocycles. The summed E-state index contributed by atoms with van der Waals surface area (Å²) in [6.45, 7) is 0.396. The second-order valence-electron chi connectivity index (χ2n) is 4.36. The Morgan fingerprint density at radius 1 is 1.29 bits per heavy atom. The first-order valence-electron chi connectivity index (χ1n) is 6.36. The predicted molar refractivity (Wildman–Crippen MR) is 79.2 cm³/mol. The Balaban J connectivity index is 2.48. The number of carboxylic acids is 1. The van der Waals surface area contributed by atoms with Gasteiger partial charge in [0.05, 0.1) is 10.5 Å². The molecule has 1 aromatic carbocycles. The summed E-state index contributed by atoms with van der Waals surface area (Å²) >= 11 is 3.06. The van der Waals surface area contributed by atoms with E-state index < -0.39 is 16.8 Å². The van der Waals surface area contributed by atoms with E-state index in [4.69, 9.17) is 5.11 Å². The minimum absolute atomic E-state index is 0.115. The number of carbonyl (C=O) groups excluding carboxylic acids is 1. The van der Waals surface area contributed by atoms with Crippen molar-refractivity contribution in [3.8, 4) is 0 Å². The molecule has 0 heterocycles. The lowest BCUT2D eigenvalue weighted by molar-refractivity contribution is -0.385. The van der Waals surface area contributed by atoms with Crippen LogP contribution in [0, 0.1) is 10.1 Å². The van der Waals surface area contributed by atoms with Gasteiger partial charge in [0.15, 0.2) is 0 Å². The molecule has 21 heavy (non-hydrogen) atoms. The smallest absolute Gasteiger partial charge is 0.303 e. The van der Waals surface area contributed by atoms with Crippen LogP contribution in [-0.4, -0.2) is 28.5 Å². The monoisotopic (exact) mass is 358 g/mol. The summed E-state index contributed by atoms with van der Waals surface area (Å²) < 4.78 is 0.151. The molecule has 0 bridgehead atoms. The zero-order valence-electron chi connectivity index (χ0n) is 11.2. The maximum Gasteiger partial charge on any atom is 0.303 e. The number of aliphatic carboxylic acids is 1. The van der Waals surface area contributed by atoms with E-state index in [1.165, 1.54) is 18.2 Å². The van der Waals surface area contributed by atoms with E-state index in [2.05, 4.69) is 21.2 Å². The molecule has 0 saturated carbocycles. The van der Waals surface area contributed by atoms with Gasteiger partial charge in [0, 0.05) is 19.0 Å². The predicted octanol–water partition coefficient (Wildman–Crippen LogP) is 2.73. The van der Waals surface area contributed by atoms with Crippen LogP contribution in [0.2, 0.25) is 0 Å². The van der Waals surface area contributed by atoms with E-state index in [1.54, 1.807) is 0 Å². The van der Waals surface area contributed by atoms with Crippen molar-refractivity contribution in [2.24, 2.45) is 0 Å². The number of nitrogens with zero attached hydrogens (tertiary/aromatic N) is 1. The van der Waals surface area contributed by atoms with Gasteiger partial charge >= 0.3 is 5.97 Å². The number of hydrogen-bond donors (Lipinski definition) is 2. The van der Waals surface area contributed by atoms with Gasteiger partial charge in [-0.15, -0.1) is 0 Å². The van der Waals surface area contributed by atoms with E-state index in [-0.39, 0.29) is 22.1 Å². The summed E-state index contributed by atoms with van der Waals surface area (Å²) in [5, 5.41) is 21.9. The van der Waals surface area contributed by atoms with Crippen LogP contribution in [0.1, 0.15) is 36.0 Å². The number of carboxylic acid groups (broad SMARTS) is 1. The van der Waals surface area contributed by atoms with Crippen molar-refractivity contribution in [3.63, 3.8) is 0 Å². The van der Waals surface area contributed by atoms with Crippen molar-refractivity contribution in [1.82, 2.24) is 5.32 Å². The Bertz CT molecular complexity index is 547. The van der Waals surface area contributed by atoms with Gasteiger partial charge in [-0.05, 0) is 34.8 Å². The molecule has 0 aromatic heterocycles. The highest BCUT2D eigenvalue weighted by molar-refractivity contribution is 9.10. The molecule has 0 saturated heterocycles. The first-order valence-corrected chi connectivity index (χ1v) is 7.15. The number of nitro groups is 1. The molecular formula is C13H15BrN2O5. The van der Waals surface area contributed by atoms with E-state index in [0.717, 1.165) is 0 Å². The second-order valence-corrected chi connectivity index (χ2v) is 5.15. The number of unbranched alkanes of at least 4 members (excludes halogenated alkanes) is 2. The molecule has 0 aliphatic rings. The van der Waals surface area contributed by atoms with Crippen molar-refractivity contribution in [1.29, 1.82) is 0 Å². The van der Waals surface area contributed by atoms with Crippen LogP contribution >= 0.6 is 15.9 Å². The molecule has 1 amide bonds. The summed E-state index contributed by atoms with van der Waals surface area (Å²) in [5.41, 5.74) is 0.0406. The molecule has 0 spiro atoms. The van der Waals surface area contributed by atoms with E-state index >= 15 is 0 Å². The molecule has 0 aliphatic carbocycles. The van der Waals surface area contributed by atoms with Crippen LogP contribution in [0.25, 0.3) is 0 Å². The molecule has 0 radical (unpaired) electrons. The molecule has 1 aromatic rings. The van der Waals surface area contributed by atoms with E-state index in [1.807, 2.05) is 0 Å². The fourth-order valence-electron chi connectivity index (χ4n) is 1.71. The summed E-state index contributed by atoms with van der Waals surface area (Å²) in [5.74, 6) is -1.23. The van der Waals surface area contributed by atoms with Crippen molar-refractivity contribution in [2.75, 3.05) is 6.54 Å². The van der Waals surface area contributed by atoms with Crippen molar-refractivity contribution < 1.29 is 19.6 Å². The lowest BCUT2D eigenvalue weighted by Crippen LogP contribution is -2.25. The summed E-state index contributed by atoms with van der Waals surface area (Å²) in [4.78, 5) is 32.5. The van der Waals surface area contributed by atoms with Crippen LogP contribution in [0.5, 0.6) is 0 Å². The fourth-order valence-corrected chi connectivity index (χ4v) is 2.30. The van der Waals surface area contributed by atoms with Gasteiger partial charge in [-0.2, -0.15) is 0 Å². The first kappa shape index (κ1) is 17.1. The van der Waals surface area contributed by atoms with Gasteiger partial charge < -0.3 is 10.4 Å². The molecule has 8 heteroatoms. The van der Waals surface area contributed by atoms with Crippen molar-refractivity contribution in [2.45, 2.75) is 25.7 Å². The van der Waals surface area contributed by atoms with Crippen LogP contribution in [-0.2, 0) is 4.79 Å². The SMILES string of the molecule is O=C(O)CCCCCNC(=O)c1cccc([N+](=O)[O-])c1Br. The van der Waals surface area contributed by atoms with Crippen molar-refractivity contribution in [3.05, 3.63) is 38.3 Å². The Kier molecular flexibility index (Phi) is 6.80. The molecule has 0 unspecified atom stereocenters. The van der Waals surface area contributed by atoms with E-state index in [9.17, 15) is 19.7 Å². The second kappa shape index (κ2) is 8.35. The number of carbonyl (C=O) groups is 2. The highest BCUT2D eigenvalue weighted by Gasteiger charge is 2.18. The van der Waals surface area contributed by atoms with Crippen molar-refractivity contribution >= 4 is 33.5 Å². The Hall–Kier alpha value is -1.96. The average molecular weight is 359 g/mol. The zero-order chi connectivity index (χ0) is 15.8. The van der Waals surface area contributed by atoms with Gasteiger partial charge in [0.1, 0.15) is 4.47 Å². The number of nitro benzene ring substituents is 1. The average Bonchev–Trinajstić information content (AvgIpc) is 2.42.